The predicted octanol–water partition coefficient (Wildman–Crippen LogP) is -4.44. The van der Waals surface area contributed by atoms with Crippen LogP contribution in [-0.4, -0.2) is 186 Å². The second kappa shape index (κ2) is 36.9. The van der Waals surface area contributed by atoms with Crippen LogP contribution in [0.25, 0.3) is 0 Å². The van der Waals surface area contributed by atoms with Gasteiger partial charge in [-0.1, -0.05) is 44.2 Å². The van der Waals surface area contributed by atoms with Crippen molar-refractivity contribution in [3.05, 3.63) is 35.9 Å². The highest BCUT2D eigenvalue weighted by Gasteiger charge is 2.42. The summed E-state index contributed by atoms with van der Waals surface area (Å²) >= 11 is 1.45. The third-order valence-corrected chi connectivity index (χ3v) is 14.8. The van der Waals surface area contributed by atoms with Crippen LogP contribution in [0.3, 0.4) is 0 Å². The number of likely N-dealkylation sites (tertiary alicyclic amines) is 2. The van der Waals surface area contributed by atoms with Gasteiger partial charge in [0, 0.05) is 38.9 Å². The van der Waals surface area contributed by atoms with Crippen molar-refractivity contribution in [3.8, 4) is 0 Å². The van der Waals surface area contributed by atoms with Crippen molar-refractivity contribution in [1.82, 2.24) is 47.0 Å². The van der Waals surface area contributed by atoms with Gasteiger partial charge in [0.05, 0.1) is 12.6 Å². The maximum absolute atomic E-state index is 14.5. The molecule has 84 heavy (non-hydrogen) atoms. The van der Waals surface area contributed by atoms with Gasteiger partial charge < -0.3 is 87.2 Å². The monoisotopic (exact) mass is 1200 g/mol. The van der Waals surface area contributed by atoms with E-state index in [0.717, 1.165) is 0 Å². The topological polar surface area (TPSA) is 490 Å². The van der Waals surface area contributed by atoms with Crippen LogP contribution in [0.4, 0.5) is 0 Å². The number of guanidine groups is 1. The molecule has 2 fully saturated rings. The second-order valence-electron chi connectivity index (χ2n) is 21.4. The summed E-state index contributed by atoms with van der Waals surface area (Å²) in [6, 6.07) is -2.40. The second-order valence-corrected chi connectivity index (χ2v) is 22.4. The number of nitrogens with two attached hydrogens (primary N) is 7. The summed E-state index contributed by atoms with van der Waals surface area (Å²) in [5.41, 5.74) is 39.8. The summed E-state index contributed by atoms with van der Waals surface area (Å²) in [7, 11) is 0. The number of primary amides is 3. The van der Waals surface area contributed by atoms with Crippen molar-refractivity contribution >= 4 is 88.6 Å². The van der Waals surface area contributed by atoms with Crippen molar-refractivity contribution < 1.29 is 57.5 Å². The number of benzene rings is 1. The zero-order valence-corrected chi connectivity index (χ0v) is 49.2. The van der Waals surface area contributed by atoms with Gasteiger partial charge in [0.1, 0.15) is 48.3 Å². The molecule has 468 valence electrons. The van der Waals surface area contributed by atoms with Crippen LogP contribution in [0.1, 0.15) is 116 Å². The Morgan fingerprint density at radius 2 is 1.14 bits per heavy atom. The highest BCUT2D eigenvalue weighted by Crippen LogP contribution is 2.23. The molecule has 1 aromatic carbocycles. The zero-order valence-electron chi connectivity index (χ0n) is 48.4. The number of aliphatic imine (C=N–C) groups is 1. The number of amides is 12. The fraction of sp³-hybridized carbons (Fsp3) is 0.648. The van der Waals surface area contributed by atoms with E-state index in [1.54, 1.807) is 30.3 Å². The van der Waals surface area contributed by atoms with Crippen LogP contribution >= 0.6 is 11.8 Å². The van der Waals surface area contributed by atoms with E-state index in [0.29, 0.717) is 56.4 Å². The van der Waals surface area contributed by atoms with Crippen LogP contribution in [0.5, 0.6) is 0 Å². The van der Waals surface area contributed by atoms with Gasteiger partial charge in [0.15, 0.2) is 5.96 Å². The number of unbranched alkanes of at least 4 members (excludes halogenated alkanes) is 1. The fourth-order valence-electron chi connectivity index (χ4n) is 9.70. The molecule has 2 aliphatic rings. The van der Waals surface area contributed by atoms with E-state index in [1.165, 1.54) is 21.6 Å². The average molecular weight is 1200 g/mol. The summed E-state index contributed by atoms with van der Waals surface area (Å²) in [6.07, 6.45) is 3.50. The maximum atomic E-state index is 14.5. The molecular weight excluding hydrogens is 1110 g/mol. The van der Waals surface area contributed by atoms with Gasteiger partial charge in [0.25, 0.3) is 0 Å². The zero-order chi connectivity index (χ0) is 62.5. The molecular formula is C54H89N17O12S. The Labute approximate surface area is 494 Å². The number of rotatable bonds is 38. The van der Waals surface area contributed by atoms with E-state index >= 15 is 0 Å². The number of thioether (sulfide) groups is 1. The Balaban J connectivity index is 1.83. The van der Waals surface area contributed by atoms with Crippen LogP contribution < -0.4 is 77.4 Å². The van der Waals surface area contributed by atoms with Crippen LogP contribution in [-0.2, 0) is 64.0 Å². The van der Waals surface area contributed by atoms with Gasteiger partial charge in [-0.25, -0.2) is 0 Å². The molecule has 12 amide bonds. The van der Waals surface area contributed by atoms with Crippen molar-refractivity contribution in [2.75, 3.05) is 44.7 Å². The predicted molar refractivity (Wildman–Crippen MR) is 314 cm³/mol. The van der Waals surface area contributed by atoms with Crippen LogP contribution in [0.2, 0.25) is 0 Å². The highest BCUT2D eigenvalue weighted by atomic mass is 32.2. The third kappa shape index (κ3) is 24.7. The number of carbonyl (C=O) groups excluding carboxylic acids is 12. The first-order chi connectivity index (χ1) is 39.9. The normalized spacial score (nSPS) is 17.2. The summed E-state index contributed by atoms with van der Waals surface area (Å²) < 4.78 is 0. The Hall–Kier alpha value is -7.60. The minimum atomic E-state index is -1.59. The van der Waals surface area contributed by atoms with Gasteiger partial charge in [-0.2, -0.15) is 11.8 Å². The first-order valence-corrected chi connectivity index (χ1v) is 29.9. The first kappa shape index (κ1) is 70.7. The van der Waals surface area contributed by atoms with Crippen molar-refractivity contribution in [2.45, 2.75) is 171 Å². The molecule has 21 N–H and O–H groups in total. The van der Waals surface area contributed by atoms with E-state index in [9.17, 15) is 57.5 Å². The minimum Gasteiger partial charge on any atom is -0.370 e. The smallest absolute Gasteiger partial charge is 0.245 e. The standard InChI is InChI=1S/C54H89N17O12S/c1-31(2)28-38(49(79)65-34(45(59)75)22-27-84-3)64-44(74)30-63-46(76)39(29-32-12-5-4-6-13-32)69-48(78)35(18-20-42(57)72)66-47(77)36(19-21-43(58)73)67-50(80)41-17-11-26-71(41)53(83)37(15-7-8-23-55)68-51(81)40-16-10-25-70(40)52(82)33(56)14-9-24-62-54(60)61/h4-6,12-13,31,33-41H,7-11,14-30,55-56H2,1-3H3,(H2,57,72)(H2,58,73)(H2,59,75)(H,63,76)(H,64,74)(H,65,79)(H,66,77)(H,67,80)(H,68,81)(H,69,78)(H4,60,61,62)/t33-,34-,35-,36-,37-,38-,39-,40-,41-/m0/s1. The summed E-state index contributed by atoms with van der Waals surface area (Å²) in [6.45, 7) is 3.89. The molecule has 1 aromatic rings. The van der Waals surface area contributed by atoms with Crippen molar-refractivity contribution in [2.24, 2.45) is 51.0 Å². The van der Waals surface area contributed by atoms with E-state index in [-0.39, 0.29) is 76.5 Å². The molecule has 0 bridgehead atoms. The van der Waals surface area contributed by atoms with Gasteiger partial charge in [-0.3, -0.25) is 62.5 Å². The number of hydrogen-bond acceptors (Lipinski definition) is 16. The lowest BCUT2D eigenvalue weighted by molar-refractivity contribution is -0.144. The molecule has 2 aliphatic heterocycles. The molecule has 9 atom stereocenters. The number of carbonyl (C=O) groups is 12. The molecule has 0 radical (unpaired) electrons. The van der Waals surface area contributed by atoms with E-state index in [4.69, 9.17) is 40.1 Å². The van der Waals surface area contributed by atoms with Crippen LogP contribution in [0, 0.1) is 5.92 Å². The molecule has 0 spiro atoms. The summed E-state index contributed by atoms with van der Waals surface area (Å²) in [5, 5.41) is 18.2. The molecule has 30 heteroatoms. The Bertz CT molecular complexity index is 2450. The quantitative estimate of drug-likeness (QED) is 0.0169. The number of nitrogens with one attached hydrogen (secondary N) is 7. The molecule has 2 saturated heterocycles. The largest absolute Gasteiger partial charge is 0.370 e. The van der Waals surface area contributed by atoms with E-state index in [1.807, 2.05) is 20.1 Å². The molecule has 0 saturated carbocycles. The van der Waals surface area contributed by atoms with E-state index < -0.39 is 151 Å². The van der Waals surface area contributed by atoms with E-state index in [2.05, 4.69) is 42.2 Å². The summed E-state index contributed by atoms with van der Waals surface area (Å²) in [4.78, 5) is 168. The minimum absolute atomic E-state index is 0.0893. The average Bonchev–Trinajstić information content (AvgIpc) is 4.25. The van der Waals surface area contributed by atoms with Gasteiger partial charge in [-0.05, 0) is 114 Å². The van der Waals surface area contributed by atoms with Gasteiger partial charge in [0.2, 0.25) is 70.9 Å². The molecule has 0 unspecified atom stereocenters. The molecule has 0 aliphatic carbocycles. The summed E-state index contributed by atoms with van der Waals surface area (Å²) in [5.74, 6) is -8.81. The molecule has 29 nitrogen and oxygen atoms in total. The molecule has 2 heterocycles. The fourth-order valence-corrected chi connectivity index (χ4v) is 10.2. The van der Waals surface area contributed by atoms with Crippen molar-refractivity contribution in [1.29, 1.82) is 0 Å². The molecule has 0 aromatic heterocycles. The maximum Gasteiger partial charge on any atom is 0.245 e. The number of nitrogens with zero attached hydrogens (tertiary/aromatic N) is 3. The van der Waals surface area contributed by atoms with Crippen LogP contribution in [0.15, 0.2) is 35.3 Å². The Morgan fingerprint density at radius 3 is 1.68 bits per heavy atom. The lowest BCUT2D eigenvalue weighted by atomic mass is 10.0. The molecule has 3 rings (SSSR count). The van der Waals surface area contributed by atoms with Gasteiger partial charge in [-0.15, -0.1) is 0 Å². The number of hydrogen-bond donors (Lipinski definition) is 14. The Kier molecular flexibility index (Phi) is 31.0. The third-order valence-electron chi connectivity index (χ3n) is 14.1. The highest BCUT2D eigenvalue weighted by molar-refractivity contribution is 7.98. The lowest BCUT2D eigenvalue weighted by Crippen LogP contribution is -2.60. The first-order valence-electron chi connectivity index (χ1n) is 28.5. The lowest BCUT2D eigenvalue weighted by Gasteiger charge is -2.32. The Morgan fingerprint density at radius 1 is 0.607 bits per heavy atom. The SMILES string of the molecule is CSCC[C@H](NC(=O)[C@H](CC(C)C)NC(=O)CNC(=O)[C@H](Cc1ccccc1)NC(=O)[C@H](CCC(N)=O)NC(=O)[C@H](CCC(N)=O)NC(=O)[C@@H]1CCCN1C(=O)[C@H](CCCCN)NC(=O)[C@@H]1CCCN1C(=O)[C@@H](N)CCCN=C(N)N)C(N)=O. The van der Waals surface area contributed by atoms with Crippen molar-refractivity contribution in [3.63, 3.8) is 0 Å². The van der Waals surface area contributed by atoms with Gasteiger partial charge >= 0.3 is 0 Å².